The zero-order chi connectivity index (χ0) is 13.1. The summed E-state index contributed by atoms with van der Waals surface area (Å²) >= 11 is 0. The summed E-state index contributed by atoms with van der Waals surface area (Å²) in [5, 5.41) is 9.24. The molecule has 1 N–H and O–H groups in total. The molecule has 3 rings (SSSR count). The molecule has 1 heterocycles. The molecule has 0 aromatic heterocycles. The number of aliphatic hydroxyl groups excluding tert-OH is 1. The predicted octanol–water partition coefficient (Wildman–Crippen LogP) is 2.72. The maximum atomic E-state index is 9.24. The molecule has 0 aromatic carbocycles. The van der Waals surface area contributed by atoms with Gasteiger partial charge in [0, 0.05) is 19.1 Å². The SMILES string of the molecule is OCCN(CC1CCC2(CCCCC2)O1)C1CCC1. The van der Waals surface area contributed by atoms with Crippen molar-refractivity contribution in [2.24, 2.45) is 0 Å². The minimum Gasteiger partial charge on any atom is -0.395 e. The summed E-state index contributed by atoms with van der Waals surface area (Å²) in [7, 11) is 0. The zero-order valence-corrected chi connectivity index (χ0v) is 12.1. The summed E-state index contributed by atoms with van der Waals surface area (Å²) < 4.78 is 6.46. The molecule has 0 radical (unpaired) electrons. The van der Waals surface area contributed by atoms with Crippen molar-refractivity contribution in [2.75, 3.05) is 19.7 Å². The van der Waals surface area contributed by atoms with Crippen LogP contribution in [0.25, 0.3) is 0 Å². The van der Waals surface area contributed by atoms with Crippen LogP contribution in [-0.2, 0) is 4.74 Å². The normalized spacial score (nSPS) is 30.9. The lowest BCUT2D eigenvalue weighted by Crippen LogP contribution is -2.46. The van der Waals surface area contributed by atoms with Gasteiger partial charge in [-0.25, -0.2) is 0 Å². The van der Waals surface area contributed by atoms with Crippen molar-refractivity contribution in [3.63, 3.8) is 0 Å². The minimum atomic E-state index is 0.243. The quantitative estimate of drug-likeness (QED) is 0.831. The maximum Gasteiger partial charge on any atom is 0.0710 e. The van der Waals surface area contributed by atoms with E-state index >= 15 is 0 Å². The van der Waals surface area contributed by atoms with E-state index in [4.69, 9.17) is 4.74 Å². The van der Waals surface area contributed by atoms with Gasteiger partial charge in [0.2, 0.25) is 0 Å². The molecule has 2 saturated carbocycles. The third-order valence-corrected chi connectivity index (χ3v) is 5.52. The minimum absolute atomic E-state index is 0.243. The van der Waals surface area contributed by atoms with E-state index < -0.39 is 0 Å². The summed E-state index contributed by atoms with van der Waals surface area (Å²) in [6.07, 6.45) is 13.6. The lowest BCUT2D eigenvalue weighted by Gasteiger charge is -2.39. The van der Waals surface area contributed by atoms with E-state index in [1.807, 2.05) is 0 Å². The number of ether oxygens (including phenoxy) is 1. The third-order valence-electron chi connectivity index (χ3n) is 5.52. The van der Waals surface area contributed by atoms with E-state index in [1.54, 1.807) is 0 Å². The van der Waals surface area contributed by atoms with Crippen LogP contribution in [0.1, 0.15) is 64.2 Å². The average Bonchev–Trinajstić information content (AvgIpc) is 2.71. The Labute approximate surface area is 117 Å². The fraction of sp³-hybridized carbons (Fsp3) is 1.00. The number of aliphatic hydroxyl groups is 1. The first-order valence-corrected chi connectivity index (χ1v) is 8.34. The predicted molar refractivity (Wildman–Crippen MR) is 76.2 cm³/mol. The molecule has 0 bridgehead atoms. The molecular weight excluding hydrogens is 238 g/mol. The Morgan fingerprint density at radius 1 is 1.00 bits per heavy atom. The van der Waals surface area contributed by atoms with E-state index in [1.165, 1.54) is 64.2 Å². The molecule has 110 valence electrons. The first-order chi connectivity index (χ1) is 9.31. The van der Waals surface area contributed by atoms with Crippen molar-refractivity contribution in [1.29, 1.82) is 0 Å². The fourth-order valence-electron chi connectivity index (χ4n) is 4.15. The van der Waals surface area contributed by atoms with Gasteiger partial charge in [-0.1, -0.05) is 25.7 Å². The Morgan fingerprint density at radius 3 is 2.42 bits per heavy atom. The number of rotatable bonds is 5. The van der Waals surface area contributed by atoms with Gasteiger partial charge in [-0.05, 0) is 38.5 Å². The fourth-order valence-corrected chi connectivity index (χ4v) is 4.15. The number of hydrogen-bond acceptors (Lipinski definition) is 3. The van der Waals surface area contributed by atoms with Crippen LogP contribution in [-0.4, -0.2) is 47.4 Å². The molecule has 19 heavy (non-hydrogen) atoms. The van der Waals surface area contributed by atoms with Crippen molar-refractivity contribution in [1.82, 2.24) is 4.90 Å². The van der Waals surface area contributed by atoms with Crippen molar-refractivity contribution in [3.8, 4) is 0 Å². The van der Waals surface area contributed by atoms with Crippen LogP contribution in [0.4, 0.5) is 0 Å². The molecule has 3 nitrogen and oxygen atoms in total. The molecule has 1 saturated heterocycles. The molecule has 1 aliphatic heterocycles. The highest BCUT2D eigenvalue weighted by Gasteiger charge is 2.41. The maximum absolute atomic E-state index is 9.24. The van der Waals surface area contributed by atoms with Gasteiger partial charge >= 0.3 is 0 Å². The van der Waals surface area contributed by atoms with Gasteiger partial charge in [0.25, 0.3) is 0 Å². The highest BCUT2D eigenvalue weighted by Crippen LogP contribution is 2.42. The van der Waals surface area contributed by atoms with Gasteiger partial charge in [-0.15, -0.1) is 0 Å². The molecule has 0 aromatic rings. The van der Waals surface area contributed by atoms with E-state index in [2.05, 4.69) is 4.90 Å². The highest BCUT2D eigenvalue weighted by molar-refractivity contribution is 4.93. The molecule has 2 aliphatic carbocycles. The molecule has 3 aliphatic rings. The Bertz CT molecular complexity index is 284. The second kappa shape index (κ2) is 6.11. The monoisotopic (exact) mass is 267 g/mol. The Balaban J connectivity index is 1.51. The molecule has 3 fully saturated rings. The van der Waals surface area contributed by atoms with Crippen molar-refractivity contribution in [2.45, 2.75) is 82.0 Å². The van der Waals surface area contributed by atoms with Crippen LogP contribution < -0.4 is 0 Å². The second-order valence-corrected chi connectivity index (χ2v) is 6.83. The van der Waals surface area contributed by atoms with Crippen LogP contribution in [0.5, 0.6) is 0 Å². The molecular formula is C16H29NO2. The second-order valence-electron chi connectivity index (χ2n) is 6.83. The van der Waals surface area contributed by atoms with Crippen LogP contribution in [0.15, 0.2) is 0 Å². The first-order valence-electron chi connectivity index (χ1n) is 8.34. The van der Waals surface area contributed by atoms with Crippen LogP contribution in [0, 0.1) is 0 Å². The summed E-state index contributed by atoms with van der Waals surface area (Å²) in [5.74, 6) is 0. The van der Waals surface area contributed by atoms with Gasteiger partial charge in [-0.2, -0.15) is 0 Å². The largest absolute Gasteiger partial charge is 0.395 e. The summed E-state index contributed by atoms with van der Waals surface area (Å²) in [6, 6.07) is 0.721. The van der Waals surface area contributed by atoms with E-state index in [9.17, 15) is 5.11 Å². The summed E-state index contributed by atoms with van der Waals surface area (Å²) in [6.45, 7) is 2.17. The molecule has 3 heteroatoms. The molecule has 1 atom stereocenters. The Kier molecular flexibility index (Phi) is 4.45. The standard InChI is InChI=1S/C16H29NO2/c18-12-11-17(14-5-4-6-14)13-15-7-10-16(19-15)8-2-1-3-9-16/h14-15,18H,1-13H2. The molecule has 1 unspecified atom stereocenters. The van der Waals surface area contributed by atoms with Crippen molar-refractivity contribution < 1.29 is 9.84 Å². The average molecular weight is 267 g/mol. The first kappa shape index (κ1) is 13.8. The van der Waals surface area contributed by atoms with Gasteiger partial charge in [-0.3, -0.25) is 4.90 Å². The van der Waals surface area contributed by atoms with Gasteiger partial charge in [0.05, 0.1) is 18.3 Å². The Hall–Kier alpha value is -0.120. The zero-order valence-electron chi connectivity index (χ0n) is 12.1. The smallest absolute Gasteiger partial charge is 0.0710 e. The van der Waals surface area contributed by atoms with Crippen molar-refractivity contribution >= 4 is 0 Å². The molecule has 1 spiro atoms. The van der Waals surface area contributed by atoms with Crippen LogP contribution >= 0.6 is 0 Å². The van der Waals surface area contributed by atoms with Gasteiger partial charge in [0.15, 0.2) is 0 Å². The lowest BCUT2D eigenvalue weighted by molar-refractivity contribution is -0.0784. The van der Waals surface area contributed by atoms with E-state index in [-0.39, 0.29) is 12.2 Å². The summed E-state index contributed by atoms with van der Waals surface area (Å²) in [4.78, 5) is 2.48. The topological polar surface area (TPSA) is 32.7 Å². The van der Waals surface area contributed by atoms with Gasteiger partial charge < -0.3 is 9.84 Å². The van der Waals surface area contributed by atoms with Gasteiger partial charge in [0.1, 0.15) is 0 Å². The highest BCUT2D eigenvalue weighted by atomic mass is 16.5. The van der Waals surface area contributed by atoms with Crippen LogP contribution in [0.3, 0.4) is 0 Å². The Morgan fingerprint density at radius 2 is 1.79 bits per heavy atom. The number of nitrogens with zero attached hydrogens (tertiary/aromatic N) is 1. The van der Waals surface area contributed by atoms with E-state index in [0.29, 0.717) is 6.10 Å². The molecule has 0 amide bonds. The summed E-state index contributed by atoms with van der Waals surface area (Å²) in [5.41, 5.74) is 0.243. The van der Waals surface area contributed by atoms with Crippen LogP contribution in [0.2, 0.25) is 0 Å². The van der Waals surface area contributed by atoms with Crippen molar-refractivity contribution in [3.05, 3.63) is 0 Å². The lowest BCUT2D eigenvalue weighted by atomic mass is 9.83. The number of hydrogen-bond donors (Lipinski definition) is 1. The van der Waals surface area contributed by atoms with E-state index in [0.717, 1.165) is 19.1 Å². The third kappa shape index (κ3) is 3.14.